The predicted octanol–water partition coefficient (Wildman–Crippen LogP) is -9.59. The SMILES string of the molecule is C=C[C@@H](O)[C@H](CO[C@@H]1OC(CO)[C@H](O[C@@H]2OC(CO)[C@H](O)C(O[C@]3(C(=O)O)C[C@@H](O)[C@@H](NC(C)=O)C([C@H](O)[C@@H](CO)O[C@]4(C(=O)O)C[C@@H](O)[C@@H](NC(C)=O)C([C@H](O)[C@H](O)CO)O4)O3)C2O)C(O)C1O)NC(=O)OC(C)(C)C. The highest BCUT2D eigenvalue weighted by Crippen LogP contribution is 2.40. The minimum absolute atomic E-state index is 0.629. The summed E-state index contributed by atoms with van der Waals surface area (Å²) in [5.41, 5.74) is -0.954. The fourth-order valence-electron chi connectivity index (χ4n) is 8.93. The maximum atomic E-state index is 13.4. The van der Waals surface area contributed by atoms with Crippen LogP contribution in [0, 0.1) is 0 Å². The number of aliphatic hydroxyl groups excluding tert-OH is 14. The number of alkyl carbamates (subject to hydrolysis) is 1. The first kappa shape index (κ1) is 65.5. The standard InChI is InChI=1S/C44H73N3O30/c1-7-18(54)17(47-41(68)77-42(4,5)6)14-69-37-31(62)30(61)33(24(13-51)71-37)72-38-32(63)36(28(59)22(11-49)70-38)76-44(40(66)67)9-20(56)26(46-16(3)53)35(75-44)29(60)23(12-50)73-43(39(64)65)8-19(55)25(45-15(2)52)34(74-43)27(58)21(57)10-48/h7,17-38,48-51,54-63H,1,8-14H2,2-6H3,(H,45,52)(H,46,53)(H,47,68)(H,64,65)(H,66,67)/t17-,18+,19+,20+,21+,22?,23+,24?,25+,26+,27+,28-,29+,30?,31?,32?,33-,34?,35?,36?,37+,38-,43+,44-/m0/s1. The number of hydrogen-bond donors (Lipinski definition) is 19. The van der Waals surface area contributed by atoms with E-state index < -0.39 is 227 Å². The zero-order valence-electron chi connectivity index (χ0n) is 42.3. The molecule has 0 saturated carbocycles. The van der Waals surface area contributed by atoms with Gasteiger partial charge in [-0.15, -0.1) is 6.58 Å². The van der Waals surface area contributed by atoms with Gasteiger partial charge in [-0.2, -0.15) is 0 Å². The quantitative estimate of drug-likeness (QED) is 0.0399. The van der Waals surface area contributed by atoms with Crippen LogP contribution in [-0.2, 0) is 61.8 Å². The zero-order chi connectivity index (χ0) is 58.2. The number of aliphatic hydroxyl groups is 14. The summed E-state index contributed by atoms with van der Waals surface area (Å²) in [6, 6.07) is -4.91. The Morgan fingerprint density at radius 2 is 1.22 bits per heavy atom. The Labute approximate surface area is 438 Å². The Balaban J connectivity index is 1.65. The van der Waals surface area contributed by atoms with Crippen LogP contribution in [0.15, 0.2) is 12.7 Å². The van der Waals surface area contributed by atoms with Crippen molar-refractivity contribution in [2.75, 3.05) is 33.0 Å². The molecular weight excluding hydrogens is 1050 g/mol. The lowest BCUT2D eigenvalue weighted by molar-refractivity contribution is -0.388. The number of hydrogen-bond acceptors (Lipinski definition) is 28. The second-order valence-electron chi connectivity index (χ2n) is 19.8. The van der Waals surface area contributed by atoms with Crippen molar-refractivity contribution in [3.05, 3.63) is 12.7 Å². The number of carbonyl (C=O) groups excluding carboxylic acids is 3. The van der Waals surface area contributed by atoms with Gasteiger partial charge in [0, 0.05) is 26.7 Å². The third kappa shape index (κ3) is 15.7. The van der Waals surface area contributed by atoms with Gasteiger partial charge in [0.05, 0.1) is 69.5 Å². The lowest BCUT2D eigenvalue weighted by Gasteiger charge is -2.51. The lowest BCUT2D eigenvalue weighted by atomic mass is 9.87. The van der Waals surface area contributed by atoms with E-state index in [1.165, 1.54) is 0 Å². The molecule has 33 heteroatoms. The molecule has 0 radical (unpaired) electrons. The smallest absolute Gasteiger partial charge is 0.408 e. The van der Waals surface area contributed by atoms with Gasteiger partial charge in [0.2, 0.25) is 11.8 Å². The molecule has 8 unspecified atom stereocenters. The van der Waals surface area contributed by atoms with Crippen molar-refractivity contribution in [3.63, 3.8) is 0 Å². The molecule has 4 saturated heterocycles. The second-order valence-corrected chi connectivity index (χ2v) is 19.8. The van der Waals surface area contributed by atoms with E-state index in [9.17, 15) is 106 Å². The van der Waals surface area contributed by atoms with Gasteiger partial charge >= 0.3 is 18.0 Å². The summed E-state index contributed by atoms with van der Waals surface area (Å²) in [6.07, 6.45) is -42.9. The number of nitrogens with one attached hydrogen (secondary N) is 3. The molecule has 77 heavy (non-hydrogen) atoms. The lowest BCUT2D eigenvalue weighted by Crippen LogP contribution is -2.72. The van der Waals surface area contributed by atoms with E-state index in [0.717, 1.165) is 19.9 Å². The summed E-state index contributed by atoms with van der Waals surface area (Å²) in [5.74, 6) is -12.8. The van der Waals surface area contributed by atoms with E-state index >= 15 is 0 Å². The molecule has 4 heterocycles. The fourth-order valence-corrected chi connectivity index (χ4v) is 8.93. The van der Waals surface area contributed by atoms with Crippen molar-refractivity contribution >= 4 is 29.8 Å². The Bertz CT molecular complexity index is 1980. The van der Waals surface area contributed by atoms with E-state index in [1.807, 2.05) is 0 Å². The maximum absolute atomic E-state index is 13.4. The van der Waals surface area contributed by atoms with Crippen LogP contribution in [0.2, 0.25) is 0 Å². The van der Waals surface area contributed by atoms with Gasteiger partial charge < -0.3 is 140 Å². The largest absolute Gasteiger partial charge is 0.477 e. The van der Waals surface area contributed by atoms with E-state index in [1.54, 1.807) is 20.8 Å². The molecule has 19 N–H and O–H groups in total. The molecule has 3 amide bonds. The normalized spacial score (nSPS) is 38.2. The second kappa shape index (κ2) is 27.5. The number of carboxylic acids is 2. The van der Waals surface area contributed by atoms with Crippen LogP contribution in [0.4, 0.5) is 4.79 Å². The van der Waals surface area contributed by atoms with Crippen LogP contribution in [0.3, 0.4) is 0 Å². The van der Waals surface area contributed by atoms with Gasteiger partial charge in [0.15, 0.2) is 12.6 Å². The van der Waals surface area contributed by atoms with Crippen LogP contribution in [0.1, 0.15) is 47.5 Å². The number of aliphatic carboxylic acids is 2. The molecule has 444 valence electrons. The minimum atomic E-state index is -3.39. The van der Waals surface area contributed by atoms with E-state index in [-0.39, 0.29) is 0 Å². The Hall–Kier alpha value is -3.99. The number of carbonyl (C=O) groups is 5. The van der Waals surface area contributed by atoms with Crippen molar-refractivity contribution in [3.8, 4) is 0 Å². The fraction of sp³-hybridized carbons (Fsp3) is 0.841. The molecule has 4 aliphatic heterocycles. The van der Waals surface area contributed by atoms with E-state index in [0.29, 0.717) is 0 Å². The highest BCUT2D eigenvalue weighted by Gasteiger charge is 2.62. The molecule has 0 aromatic rings. The molecule has 4 rings (SSSR count). The van der Waals surface area contributed by atoms with Crippen LogP contribution >= 0.6 is 0 Å². The third-order valence-corrected chi connectivity index (χ3v) is 12.8. The van der Waals surface area contributed by atoms with Gasteiger partial charge in [-0.3, -0.25) is 9.59 Å². The first-order valence-corrected chi connectivity index (χ1v) is 24.0. The Morgan fingerprint density at radius 3 is 1.70 bits per heavy atom. The average molecular weight is 1120 g/mol. The van der Waals surface area contributed by atoms with Gasteiger partial charge in [0.25, 0.3) is 11.6 Å². The van der Waals surface area contributed by atoms with Gasteiger partial charge in [0.1, 0.15) is 91.1 Å². The van der Waals surface area contributed by atoms with Gasteiger partial charge in [-0.05, 0) is 20.8 Å². The van der Waals surface area contributed by atoms with Gasteiger partial charge in [-0.1, -0.05) is 6.08 Å². The van der Waals surface area contributed by atoms with E-state index in [4.69, 9.17) is 42.6 Å². The molecule has 0 aromatic carbocycles. The van der Waals surface area contributed by atoms with Crippen molar-refractivity contribution < 1.29 is 148 Å². The van der Waals surface area contributed by atoms with Crippen LogP contribution in [0.25, 0.3) is 0 Å². The number of rotatable bonds is 24. The molecule has 24 atom stereocenters. The topological polar surface area (TPSA) is 528 Å². The number of ether oxygens (including phenoxy) is 9. The molecule has 33 nitrogen and oxygen atoms in total. The molecule has 0 aliphatic carbocycles. The van der Waals surface area contributed by atoms with Crippen LogP contribution in [0.5, 0.6) is 0 Å². The van der Waals surface area contributed by atoms with E-state index in [2.05, 4.69) is 22.5 Å². The summed E-state index contributed by atoms with van der Waals surface area (Å²) < 4.78 is 50.3. The molecule has 0 spiro atoms. The minimum Gasteiger partial charge on any atom is -0.477 e. The van der Waals surface area contributed by atoms with Crippen molar-refractivity contribution in [1.82, 2.24) is 16.0 Å². The number of carboxylic acid groups (broad SMARTS) is 2. The highest BCUT2D eigenvalue weighted by atomic mass is 16.8. The highest BCUT2D eigenvalue weighted by molar-refractivity contribution is 5.77. The van der Waals surface area contributed by atoms with Crippen LogP contribution in [-0.4, -0.2) is 296 Å². The monoisotopic (exact) mass is 1120 g/mol. The summed E-state index contributed by atoms with van der Waals surface area (Å²) in [7, 11) is 0. The molecule has 4 fully saturated rings. The summed E-state index contributed by atoms with van der Waals surface area (Å²) in [6.45, 7) is 4.61. The first-order valence-electron chi connectivity index (χ1n) is 24.0. The Kier molecular flexibility index (Phi) is 23.4. The van der Waals surface area contributed by atoms with Crippen LogP contribution < -0.4 is 16.0 Å². The number of amides is 3. The first-order chi connectivity index (χ1) is 35.8. The summed E-state index contributed by atoms with van der Waals surface area (Å²) in [4.78, 5) is 63.3. The summed E-state index contributed by atoms with van der Waals surface area (Å²) in [5, 5.41) is 180. The summed E-state index contributed by atoms with van der Waals surface area (Å²) >= 11 is 0. The van der Waals surface area contributed by atoms with Crippen molar-refractivity contribution in [2.24, 2.45) is 0 Å². The average Bonchev–Trinajstić information content (AvgIpc) is 3.35. The zero-order valence-corrected chi connectivity index (χ0v) is 42.3. The Morgan fingerprint density at radius 1 is 0.701 bits per heavy atom. The van der Waals surface area contributed by atoms with Crippen molar-refractivity contribution in [1.29, 1.82) is 0 Å². The molecule has 0 bridgehead atoms. The third-order valence-electron chi connectivity index (χ3n) is 12.8. The predicted molar refractivity (Wildman–Crippen MR) is 245 cm³/mol. The molecular formula is C44H73N3O30. The molecule has 4 aliphatic rings. The molecule has 0 aromatic heterocycles. The van der Waals surface area contributed by atoms with Crippen molar-refractivity contribution in [2.45, 2.75) is 199 Å². The maximum Gasteiger partial charge on any atom is 0.408 e. The van der Waals surface area contributed by atoms with Gasteiger partial charge in [-0.25, -0.2) is 14.4 Å².